The lowest BCUT2D eigenvalue weighted by atomic mass is 9.94. The van der Waals surface area contributed by atoms with Crippen LogP contribution in [0.25, 0.3) is 0 Å². The van der Waals surface area contributed by atoms with Gasteiger partial charge in [0.15, 0.2) is 0 Å². The average molecular weight is 253 g/mol. The first-order chi connectivity index (χ1) is 8.26. The lowest BCUT2D eigenvalue weighted by Gasteiger charge is -2.35. The lowest BCUT2D eigenvalue weighted by molar-refractivity contribution is -0.0142. The number of piperidine rings is 1. The summed E-state index contributed by atoms with van der Waals surface area (Å²) in [5.41, 5.74) is -0.216. The summed E-state index contributed by atoms with van der Waals surface area (Å²) in [6.45, 7) is 1.89. The normalized spacial score (nSPS) is 21.0. The first-order valence-electron chi connectivity index (χ1n) is 5.95. The Kier molecular flexibility index (Phi) is 4.31. The van der Waals surface area contributed by atoms with Crippen LogP contribution in [0.1, 0.15) is 12.8 Å². The highest BCUT2D eigenvalue weighted by Gasteiger charge is 2.34. The topological polar surface area (TPSA) is 38.3 Å². The lowest BCUT2D eigenvalue weighted by Crippen LogP contribution is -2.47. The quantitative estimate of drug-likeness (QED) is 0.885. The molecule has 1 aromatic rings. The minimum atomic E-state index is -0.973. The molecule has 4 heteroatoms. The van der Waals surface area contributed by atoms with Gasteiger partial charge < -0.3 is 10.1 Å². The number of rotatable bonds is 4. The van der Waals surface area contributed by atoms with E-state index in [0.717, 1.165) is 30.8 Å². The highest BCUT2D eigenvalue weighted by molar-refractivity contribution is 7.85. The van der Waals surface area contributed by atoms with Gasteiger partial charge in [-0.3, -0.25) is 4.21 Å². The Bertz CT molecular complexity index is 374. The zero-order valence-electron chi connectivity index (χ0n) is 10.1. The van der Waals surface area contributed by atoms with Crippen LogP contribution in [0.15, 0.2) is 35.2 Å². The van der Waals surface area contributed by atoms with Gasteiger partial charge in [0.05, 0.1) is 22.2 Å². The standard InChI is InChI=1S/C13H19NO2S/c1-16-13(7-9-14-10-8-13)11-17(15)12-5-3-2-4-6-12/h2-6,14H,7-11H2,1H3. The van der Waals surface area contributed by atoms with Crippen LogP contribution >= 0.6 is 0 Å². The third kappa shape index (κ3) is 3.15. The summed E-state index contributed by atoms with van der Waals surface area (Å²) in [5.74, 6) is 0.592. The fourth-order valence-electron chi connectivity index (χ4n) is 2.18. The summed E-state index contributed by atoms with van der Waals surface area (Å²) in [6, 6.07) is 9.63. The summed E-state index contributed by atoms with van der Waals surface area (Å²) in [5, 5.41) is 3.31. The molecular formula is C13H19NO2S. The molecule has 0 saturated carbocycles. The van der Waals surface area contributed by atoms with Crippen LogP contribution in [0.5, 0.6) is 0 Å². The van der Waals surface area contributed by atoms with Crippen molar-refractivity contribution in [1.82, 2.24) is 5.32 Å². The smallest absolute Gasteiger partial charge is 0.0821 e. The molecule has 0 bridgehead atoms. The van der Waals surface area contributed by atoms with Crippen LogP contribution in [0.4, 0.5) is 0 Å². The van der Waals surface area contributed by atoms with Gasteiger partial charge in [0, 0.05) is 12.0 Å². The molecule has 1 N–H and O–H groups in total. The maximum absolute atomic E-state index is 12.3. The molecule has 1 aliphatic rings. The zero-order chi connectivity index (χ0) is 12.1. The van der Waals surface area contributed by atoms with Crippen molar-refractivity contribution in [3.8, 4) is 0 Å². The summed E-state index contributed by atoms with van der Waals surface area (Å²) >= 11 is 0. The van der Waals surface area contributed by atoms with E-state index >= 15 is 0 Å². The molecule has 0 aromatic heterocycles. The van der Waals surface area contributed by atoms with Crippen molar-refractivity contribution in [3.05, 3.63) is 30.3 Å². The average Bonchev–Trinajstić information content (AvgIpc) is 2.41. The van der Waals surface area contributed by atoms with Gasteiger partial charge >= 0.3 is 0 Å². The molecule has 1 aliphatic heterocycles. The van der Waals surface area contributed by atoms with Crippen molar-refractivity contribution in [2.75, 3.05) is 26.0 Å². The fraction of sp³-hybridized carbons (Fsp3) is 0.538. The number of ether oxygens (including phenoxy) is 1. The molecule has 0 radical (unpaired) electrons. The molecule has 1 fully saturated rings. The van der Waals surface area contributed by atoms with E-state index in [1.165, 1.54) is 0 Å². The SMILES string of the molecule is COC1(CS(=O)c2ccccc2)CCNCC1. The number of hydrogen-bond donors (Lipinski definition) is 1. The molecule has 1 heterocycles. The van der Waals surface area contributed by atoms with E-state index in [4.69, 9.17) is 4.74 Å². The Morgan fingerprint density at radius 2 is 1.94 bits per heavy atom. The van der Waals surface area contributed by atoms with E-state index in [0.29, 0.717) is 5.75 Å². The molecule has 0 aliphatic carbocycles. The molecule has 0 spiro atoms. The maximum atomic E-state index is 12.3. The Balaban J connectivity index is 2.06. The van der Waals surface area contributed by atoms with Crippen LogP contribution in [-0.4, -0.2) is 35.8 Å². The van der Waals surface area contributed by atoms with Crippen molar-refractivity contribution < 1.29 is 8.95 Å². The number of benzene rings is 1. The molecule has 1 saturated heterocycles. The second-order valence-electron chi connectivity index (χ2n) is 4.44. The minimum Gasteiger partial charge on any atom is -0.377 e. The monoisotopic (exact) mass is 253 g/mol. The van der Waals surface area contributed by atoms with Crippen molar-refractivity contribution >= 4 is 10.8 Å². The van der Waals surface area contributed by atoms with Crippen molar-refractivity contribution in [2.24, 2.45) is 0 Å². The first kappa shape index (κ1) is 12.7. The van der Waals surface area contributed by atoms with E-state index in [9.17, 15) is 4.21 Å². The van der Waals surface area contributed by atoms with E-state index in [1.807, 2.05) is 30.3 Å². The molecule has 1 unspecified atom stereocenters. The van der Waals surface area contributed by atoms with Gasteiger partial charge in [-0.15, -0.1) is 0 Å². The van der Waals surface area contributed by atoms with Crippen LogP contribution in [0.3, 0.4) is 0 Å². The molecule has 1 aromatic carbocycles. The third-order valence-electron chi connectivity index (χ3n) is 3.35. The molecule has 2 rings (SSSR count). The highest BCUT2D eigenvalue weighted by atomic mass is 32.2. The van der Waals surface area contributed by atoms with Gasteiger partial charge in [0.2, 0.25) is 0 Å². The Hall–Kier alpha value is -0.710. The fourth-order valence-corrected chi connectivity index (χ4v) is 3.70. The van der Waals surface area contributed by atoms with Gasteiger partial charge in [0.1, 0.15) is 0 Å². The second kappa shape index (κ2) is 5.76. The van der Waals surface area contributed by atoms with Crippen LogP contribution in [0, 0.1) is 0 Å². The summed E-state index contributed by atoms with van der Waals surface area (Å²) in [7, 11) is 0.757. The maximum Gasteiger partial charge on any atom is 0.0821 e. The van der Waals surface area contributed by atoms with Gasteiger partial charge in [-0.2, -0.15) is 0 Å². The zero-order valence-corrected chi connectivity index (χ0v) is 11.0. The van der Waals surface area contributed by atoms with Crippen molar-refractivity contribution in [3.63, 3.8) is 0 Å². The first-order valence-corrected chi connectivity index (χ1v) is 7.27. The Morgan fingerprint density at radius 3 is 2.53 bits per heavy atom. The summed E-state index contributed by atoms with van der Waals surface area (Å²) in [6.07, 6.45) is 1.87. The predicted octanol–water partition coefficient (Wildman–Crippen LogP) is 1.56. The second-order valence-corrected chi connectivity index (χ2v) is 5.89. The molecule has 0 amide bonds. The number of hydrogen-bond acceptors (Lipinski definition) is 3. The minimum absolute atomic E-state index is 0.216. The van der Waals surface area contributed by atoms with Gasteiger partial charge in [0.25, 0.3) is 0 Å². The Morgan fingerprint density at radius 1 is 1.29 bits per heavy atom. The number of nitrogens with one attached hydrogen (secondary N) is 1. The molecule has 1 atom stereocenters. The molecule has 3 nitrogen and oxygen atoms in total. The molecule has 17 heavy (non-hydrogen) atoms. The van der Waals surface area contributed by atoms with Crippen molar-refractivity contribution in [2.45, 2.75) is 23.3 Å². The number of methoxy groups -OCH3 is 1. The van der Waals surface area contributed by atoms with Crippen LogP contribution < -0.4 is 5.32 Å². The van der Waals surface area contributed by atoms with Crippen molar-refractivity contribution in [1.29, 1.82) is 0 Å². The third-order valence-corrected chi connectivity index (χ3v) is 4.93. The van der Waals surface area contributed by atoms with E-state index in [-0.39, 0.29) is 5.60 Å². The van der Waals surface area contributed by atoms with Crippen LogP contribution in [-0.2, 0) is 15.5 Å². The summed E-state index contributed by atoms with van der Waals surface area (Å²) in [4.78, 5) is 0.891. The largest absolute Gasteiger partial charge is 0.377 e. The van der Waals surface area contributed by atoms with Crippen LogP contribution in [0.2, 0.25) is 0 Å². The molecule has 94 valence electrons. The molecular weight excluding hydrogens is 234 g/mol. The predicted molar refractivity (Wildman–Crippen MR) is 69.6 cm³/mol. The Labute approximate surface area is 105 Å². The van der Waals surface area contributed by atoms with Gasteiger partial charge in [-0.25, -0.2) is 0 Å². The summed E-state index contributed by atoms with van der Waals surface area (Å²) < 4.78 is 17.9. The van der Waals surface area contributed by atoms with E-state index in [1.54, 1.807) is 7.11 Å². The van der Waals surface area contributed by atoms with Gasteiger partial charge in [-0.05, 0) is 38.1 Å². The van der Waals surface area contributed by atoms with Gasteiger partial charge in [-0.1, -0.05) is 18.2 Å². The van der Waals surface area contributed by atoms with E-state index < -0.39 is 10.8 Å². The van der Waals surface area contributed by atoms with E-state index in [2.05, 4.69) is 5.32 Å². The highest BCUT2D eigenvalue weighted by Crippen LogP contribution is 2.25.